The minimum absolute atomic E-state index is 0.0974. The summed E-state index contributed by atoms with van der Waals surface area (Å²) in [7, 11) is 1.86. The highest BCUT2D eigenvalue weighted by Gasteiger charge is 2.23. The number of hydrogen-bond donors (Lipinski definition) is 1. The van der Waals surface area contributed by atoms with Crippen LogP contribution >= 0.6 is 0 Å². The molecule has 0 saturated carbocycles. The highest BCUT2D eigenvalue weighted by molar-refractivity contribution is 5.78. The van der Waals surface area contributed by atoms with E-state index in [4.69, 9.17) is 5.73 Å². The maximum Gasteiger partial charge on any atom is 0.225 e. The van der Waals surface area contributed by atoms with Crippen molar-refractivity contribution in [1.82, 2.24) is 4.90 Å². The Kier molecular flexibility index (Phi) is 5.77. The van der Waals surface area contributed by atoms with Crippen molar-refractivity contribution in [2.45, 2.75) is 40.2 Å². The van der Waals surface area contributed by atoms with E-state index in [1.54, 1.807) is 0 Å². The quantitative estimate of drug-likeness (QED) is 0.730. The zero-order chi connectivity index (χ0) is 11.3. The number of carbonyl (C=O) groups excluding carboxylic acids is 1. The molecule has 0 bridgehead atoms. The summed E-state index contributed by atoms with van der Waals surface area (Å²) in [5.74, 6) is 0.719. The summed E-state index contributed by atoms with van der Waals surface area (Å²) < 4.78 is 0. The molecule has 0 aromatic carbocycles. The highest BCUT2D eigenvalue weighted by Crippen LogP contribution is 2.14. The van der Waals surface area contributed by atoms with Gasteiger partial charge in [-0.1, -0.05) is 20.8 Å². The first-order chi connectivity index (χ1) is 6.41. The van der Waals surface area contributed by atoms with Crippen molar-refractivity contribution in [3.8, 4) is 0 Å². The Morgan fingerprint density at radius 1 is 1.29 bits per heavy atom. The summed E-state index contributed by atoms with van der Waals surface area (Å²) >= 11 is 0. The highest BCUT2D eigenvalue weighted by atomic mass is 16.2. The first-order valence-corrected chi connectivity index (χ1v) is 5.38. The van der Waals surface area contributed by atoms with Gasteiger partial charge in [0.1, 0.15) is 0 Å². The van der Waals surface area contributed by atoms with E-state index >= 15 is 0 Å². The fourth-order valence-corrected chi connectivity index (χ4v) is 1.26. The summed E-state index contributed by atoms with van der Waals surface area (Å²) in [6, 6.07) is 0.244. The molecule has 2 N–H and O–H groups in total. The Hall–Kier alpha value is -0.570. The van der Waals surface area contributed by atoms with E-state index in [1.165, 1.54) is 0 Å². The summed E-state index contributed by atoms with van der Waals surface area (Å²) in [5.41, 5.74) is 5.47. The summed E-state index contributed by atoms with van der Waals surface area (Å²) in [4.78, 5) is 13.7. The lowest BCUT2D eigenvalue weighted by molar-refractivity contribution is -0.136. The van der Waals surface area contributed by atoms with Gasteiger partial charge in [0.05, 0.1) is 0 Å². The van der Waals surface area contributed by atoms with E-state index in [2.05, 4.69) is 13.8 Å². The Morgan fingerprint density at radius 3 is 2.14 bits per heavy atom. The van der Waals surface area contributed by atoms with Gasteiger partial charge in [0, 0.05) is 19.0 Å². The summed E-state index contributed by atoms with van der Waals surface area (Å²) in [6.45, 7) is 8.80. The Balaban J connectivity index is 4.23. The summed E-state index contributed by atoms with van der Waals surface area (Å²) in [6.07, 6.45) is 0.868. The van der Waals surface area contributed by atoms with Crippen molar-refractivity contribution < 1.29 is 4.79 Å². The predicted molar refractivity (Wildman–Crippen MR) is 59.9 cm³/mol. The molecule has 0 radical (unpaired) electrons. The van der Waals surface area contributed by atoms with Crippen molar-refractivity contribution in [1.29, 1.82) is 0 Å². The van der Waals surface area contributed by atoms with E-state index in [0.717, 1.165) is 6.42 Å². The topological polar surface area (TPSA) is 46.3 Å². The van der Waals surface area contributed by atoms with Crippen LogP contribution in [0, 0.1) is 11.8 Å². The molecule has 0 fully saturated rings. The average molecular weight is 200 g/mol. The van der Waals surface area contributed by atoms with Crippen molar-refractivity contribution >= 4 is 5.91 Å². The molecular formula is C11H24N2O. The SMILES string of the molecule is CC(C)C(C)C(=O)N(C)C(C)CCN. The smallest absolute Gasteiger partial charge is 0.225 e. The third-order valence-electron chi connectivity index (χ3n) is 2.98. The van der Waals surface area contributed by atoms with Crippen LogP contribution in [0.1, 0.15) is 34.1 Å². The molecule has 0 saturated heterocycles. The Morgan fingerprint density at radius 2 is 1.79 bits per heavy atom. The Labute approximate surface area is 87.6 Å². The van der Waals surface area contributed by atoms with Gasteiger partial charge in [-0.3, -0.25) is 4.79 Å². The lowest BCUT2D eigenvalue weighted by Crippen LogP contribution is -2.40. The standard InChI is InChI=1S/C11H24N2O/c1-8(2)10(4)11(14)13(5)9(3)6-7-12/h8-10H,6-7,12H2,1-5H3. The van der Waals surface area contributed by atoms with Crippen LogP contribution in [0.4, 0.5) is 0 Å². The molecule has 0 aromatic rings. The first-order valence-electron chi connectivity index (χ1n) is 5.38. The van der Waals surface area contributed by atoms with Gasteiger partial charge in [-0.2, -0.15) is 0 Å². The van der Waals surface area contributed by atoms with Crippen LogP contribution in [0.3, 0.4) is 0 Å². The van der Waals surface area contributed by atoms with Crippen LogP contribution in [-0.2, 0) is 4.79 Å². The van der Waals surface area contributed by atoms with Crippen molar-refractivity contribution in [3.05, 3.63) is 0 Å². The molecule has 0 aliphatic rings. The van der Waals surface area contributed by atoms with Crippen molar-refractivity contribution in [2.24, 2.45) is 17.6 Å². The van der Waals surface area contributed by atoms with E-state index < -0.39 is 0 Å². The second-order valence-electron chi connectivity index (χ2n) is 4.41. The van der Waals surface area contributed by atoms with E-state index in [0.29, 0.717) is 12.5 Å². The summed E-state index contributed by atoms with van der Waals surface area (Å²) in [5, 5.41) is 0. The van der Waals surface area contributed by atoms with Gasteiger partial charge in [-0.25, -0.2) is 0 Å². The maximum atomic E-state index is 11.9. The van der Waals surface area contributed by atoms with E-state index in [1.807, 2.05) is 25.8 Å². The van der Waals surface area contributed by atoms with Crippen molar-refractivity contribution in [2.75, 3.05) is 13.6 Å². The van der Waals surface area contributed by atoms with Crippen LogP contribution in [-0.4, -0.2) is 30.4 Å². The third-order valence-corrected chi connectivity index (χ3v) is 2.98. The van der Waals surface area contributed by atoms with Gasteiger partial charge in [0.15, 0.2) is 0 Å². The average Bonchev–Trinajstić information content (AvgIpc) is 2.14. The molecule has 3 nitrogen and oxygen atoms in total. The monoisotopic (exact) mass is 200 g/mol. The molecule has 0 aromatic heterocycles. The zero-order valence-corrected chi connectivity index (χ0v) is 10.1. The Bertz CT molecular complexity index is 180. The molecular weight excluding hydrogens is 176 g/mol. The molecule has 0 aliphatic heterocycles. The maximum absolute atomic E-state index is 11.9. The number of amides is 1. The van der Waals surface area contributed by atoms with Crippen LogP contribution in [0.2, 0.25) is 0 Å². The van der Waals surface area contributed by atoms with Gasteiger partial charge in [-0.05, 0) is 25.8 Å². The molecule has 0 rings (SSSR count). The third kappa shape index (κ3) is 3.66. The van der Waals surface area contributed by atoms with Gasteiger partial charge < -0.3 is 10.6 Å². The molecule has 1 amide bonds. The molecule has 3 heteroatoms. The van der Waals surface area contributed by atoms with Gasteiger partial charge in [-0.15, -0.1) is 0 Å². The second-order valence-corrected chi connectivity index (χ2v) is 4.41. The predicted octanol–water partition coefficient (Wildman–Crippen LogP) is 1.47. The minimum atomic E-state index is 0.0974. The molecule has 14 heavy (non-hydrogen) atoms. The van der Waals surface area contributed by atoms with Crippen molar-refractivity contribution in [3.63, 3.8) is 0 Å². The molecule has 2 unspecified atom stereocenters. The number of nitrogens with zero attached hydrogens (tertiary/aromatic N) is 1. The molecule has 0 aliphatic carbocycles. The fraction of sp³-hybridized carbons (Fsp3) is 0.909. The first kappa shape index (κ1) is 13.4. The fourth-order valence-electron chi connectivity index (χ4n) is 1.26. The number of hydrogen-bond acceptors (Lipinski definition) is 2. The minimum Gasteiger partial charge on any atom is -0.343 e. The lowest BCUT2D eigenvalue weighted by atomic mass is 9.96. The molecule has 84 valence electrons. The van der Waals surface area contributed by atoms with Gasteiger partial charge in [0.2, 0.25) is 5.91 Å². The van der Waals surface area contributed by atoms with Crippen LogP contribution in [0.15, 0.2) is 0 Å². The van der Waals surface area contributed by atoms with Gasteiger partial charge >= 0.3 is 0 Å². The lowest BCUT2D eigenvalue weighted by Gasteiger charge is -2.28. The molecule has 0 spiro atoms. The molecule has 0 heterocycles. The van der Waals surface area contributed by atoms with Crippen LogP contribution in [0.5, 0.6) is 0 Å². The number of rotatable bonds is 5. The zero-order valence-electron chi connectivity index (χ0n) is 10.1. The number of carbonyl (C=O) groups is 1. The normalized spacial score (nSPS) is 15.4. The second kappa shape index (κ2) is 6.02. The number of nitrogens with two attached hydrogens (primary N) is 1. The van der Waals surface area contributed by atoms with E-state index in [9.17, 15) is 4.79 Å². The van der Waals surface area contributed by atoms with E-state index in [-0.39, 0.29) is 17.9 Å². The van der Waals surface area contributed by atoms with Gasteiger partial charge in [0.25, 0.3) is 0 Å². The molecule has 2 atom stereocenters. The largest absolute Gasteiger partial charge is 0.343 e. The van der Waals surface area contributed by atoms with Crippen LogP contribution in [0.25, 0.3) is 0 Å². The van der Waals surface area contributed by atoms with Crippen LogP contribution < -0.4 is 5.73 Å².